The zero-order chi connectivity index (χ0) is 15.0. The lowest BCUT2D eigenvalue weighted by Crippen LogP contribution is -2.33. The standard InChI is InChI=1S/C17H28N2OS/c1-5-8-18-12-9-17(3,4)10-13-15(12)21-16(19-13)14-7-6-11(2)20-14/h11-12,14,18H,5-10H2,1-4H3. The van der Waals surface area contributed by atoms with Crippen LogP contribution in [0.15, 0.2) is 0 Å². The number of hydrogen-bond acceptors (Lipinski definition) is 4. The Labute approximate surface area is 132 Å². The Hall–Kier alpha value is -0.450. The van der Waals surface area contributed by atoms with Crippen molar-refractivity contribution in [2.45, 2.75) is 78.0 Å². The summed E-state index contributed by atoms with van der Waals surface area (Å²) in [5, 5.41) is 4.94. The van der Waals surface area contributed by atoms with Gasteiger partial charge in [-0.05, 0) is 51.0 Å². The minimum Gasteiger partial charge on any atom is -0.368 e. The van der Waals surface area contributed by atoms with Gasteiger partial charge >= 0.3 is 0 Å². The first kappa shape index (κ1) is 15.4. The van der Waals surface area contributed by atoms with E-state index in [4.69, 9.17) is 9.72 Å². The molecule has 4 heteroatoms. The maximum atomic E-state index is 6.02. The minimum absolute atomic E-state index is 0.241. The van der Waals surface area contributed by atoms with E-state index < -0.39 is 0 Å². The highest BCUT2D eigenvalue weighted by atomic mass is 32.1. The molecule has 3 unspecified atom stereocenters. The smallest absolute Gasteiger partial charge is 0.122 e. The van der Waals surface area contributed by atoms with Crippen molar-refractivity contribution in [3.05, 3.63) is 15.6 Å². The Balaban J connectivity index is 1.84. The summed E-state index contributed by atoms with van der Waals surface area (Å²) in [7, 11) is 0. The molecule has 2 aliphatic rings. The Morgan fingerprint density at radius 1 is 1.38 bits per heavy atom. The molecular weight excluding hydrogens is 280 g/mol. The van der Waals surface area contributed by atoms with E-state index in [1.807, 2.05) is 11.3 Å². The molecule has 0 radical (unpaired) electrons. The first-order chi connectivity index (χ1) is 9.98. The lowest BCUT2D eigenvalue weighted by atomic mass is 9.76. The summed E-state index contributed by atoms with van der Waals surface area (Å²) in [5.41, 5.74) is 1.66. The SMILES string of the molecule is CCCNC1CC(C)(C)Cc2nc(C3CCC(C)O3)sc21. The normalized spacial score (nSPS) is 31.3. The molecule has 0 spiro atoms. The van der Waals surface area contributed by atoms with E-state index in [9.17, 15) is 0 Å². The Morgan fingerprint density at radius 3 is 2.86 bits per heavy atom. The zero-order valence-corrected chi connectivity index (χ0v) is 14.6. The Morgan fingerprint density at radius 2 is 2.19 bits per heavy atom. The van der Waals surface area contributed by atoms with Crippen LogP contribution in [-0.2, 0) is 11.2 Å². The van der Waals surface area contributed by atoms with Crippen LogP contribution in [0.1, 0.15) is 81.1 Å². The van der Waals surface area contributed by atoms with Crippen molar-refractivity contribution >= 4 is 11.3 Å². The van der Waals surface area contributed by atoms with Gasteiger partial charge in [0.1, 0.15) is 11.1 Å². The van der Waals surface area contributed by atoms with E-state index in [-0.39, 0.29) is 6.10 Å². The van der Waals surface area contributed by atoms with E-state index >= 15 is 0 Å². The third-order valence-corrected chi connectivity index (χ3v) is 5.91. The first-order valence-electron chi connectivity index (χ1n) is 8.37. The van der Waals surface area contributed by atoms with Crippen LogP contribution in [0.5, 0.6) is 0 Å². The maximum absolute atomic E-state index is 6.02. The van der Waals surface area contributed by atoms with Crippen LogP contribution in [0.2, 0.25) is 0 Å². The highest BCUT2D eigenvalue weighted by molar-refractivity contribution is 7.11. The van der Waals surface area contributed by atoms with Gasteiger partial charge in [0, 0.05) is 10.9 Å². The van der Waals surface area contributed by atoms with E-state index in [0.29, 0.717) is 17.6 Å². The first-order valence-corrected chi connectivity index (χ1v) is 9.18. The van der Waals surface area contributed by atoms with Gasteiger partial charge in [0.25, 0.3) is 0 Å². The molecule has 1 N–H and O–H groups in total. The van der Waals surface area contributed by atoms with E-state index in [1.54, 1.807) is 0 Å². The van der Waals surface area contributed by atoms with Crippen molar-refractivity contribution in [1.29, 1.82) is 0 Å². The Kier molecular flexibility index (Phi) is 4.40. The third-order valence-electron chi connectivity index (χ3n) is 4.61. The van der Waals surface area contributed by atoms with Crippen molar-refractivity contribution in [3.63, 3.8) is 0 Å². The van der Waals surface area contributed by atoms with Crippen LogP contribution >= 0.6 is 11.3 Å². The second-order valence-corrected chi connectivity index (χ2v) is 8.49. The largest absolute Gasteiger partial charge is 0.368 e. The molecule has 21 heavy (non-hydrogen) atoms. The van der Waals surface area contributed by atoms with E-state index in [2.05, 4.69) is 33.0 Å². The lowest BCUT2D eigenvalue weighted by Gasteiger charge is -2.34. The average Bonchev–Trinajstić information content (AvgIpc) is 3.00. The van der Waals surface area contributed by atoms with Gasteiger partial charge in [0.2, 0.25) is 0 Å². The number of hydrogen-bond donors (Lipinski definition) is 1. The molecule has 1 aromatic heterocycles. The summed E-state index contributed by atoms with van der Waals surface area (Å²) in [5.74, 6) is 0. The van der Waals surface area contributed by atoms with Crippen molar-refractivity contribution in [2.24, 2.45) is 5.41 Å². The van der Waals surface area contributed by atoms with Crippen molar-refractivity contribution in [2.75, 3.05) is 6.54 Å². The van der Waals surface area contributed by atoms with Gasteiger partial charge in [-0.25, -0.2) is 4.98 Å². The van der Waals surface area contributed by atoms with Gasteiger partial charge in [0.05, 0.1) is 11.8 Å². The fourth-order valence-corrected chi connectivity index (χ4v) is 4.79. The van der Waals surface area contributed by atoms with Gasteiger partial charge in [-0.3, -0.25) is 0 Å². The molecule has 3 nitrogen and oxygen atoms in total. The van der Waals surface area contributed by atoms with Crippen LogP contribution in [0.4, 0.5) is 0 Å². The average molecular weight is 308 g/mol. The highest BCUT2D eigenvalue weighted by Crippen LogP contribution is 2.45. The number of fused-ring (bicyclic) bond motifs is 1. The number of ether oxygens (including phenoxy) is 1. The summed E-state index contributed by atoms with van der Waals surface area (Å²) in [6.45, 7) is 10.2. The molecular formula is C17H28N2OS. The summed E-state index contributed by atoms with van der Waals surface area (Å²) < 4.78 is 6.02. The maximum Gasteiger partial charge on any atom is 0.122 e. The van der Waals surface area contributed by atoms with Crippen molar-refractivity contribution in [1.82, 2.24) is 10.3 Å². The number of thiazole rings is 1. The van der Waals surface area contributed by atoms with Crippen LogP contribution in [0.25, 0.3) is 0 Å². The van der Waals surface area contributed by atoms with Gasteiger partial charge < -0.3 is 10.1 Å². The van der Waals surface area contributed by atoms with Crippen molar-refractivity contribution < 1.29 is 4.74 Å². The van der Waals surface area contributed by atoms with Crippen LogP contribution < -0.4 is 5.32 Å². The number of nitrogens with one attached hydrogen (secondary N) is 1. The van der Waals surface area contributed by atoms with Crippen LogP contribution in [-0.4, -0.2) is 17.6 Å². The molecule has 1 saturated heterocycles. The fraction of sp³-hybridized carbons (Fsp3) is 0.824. The monoisotopic (exact) mass is 308 g/mol. The highest BCUT2D eigenvalue weighted by Gasteiger charge is 2.36. The predicted molar refractivity (Wildman–Crippen MR) is 87.8 cm³/mol. The van der Waals surface area contributed by atoms with E-state index in [1.165, 1.54) is 28.4 Å². The quantitative estimate of drug-likeness (QED) is 0.895. The molecule has 0 amide bonds. The van der Waals surface area contributed by atoms with Gasteiger partial charge in [-0.1, -0.05) is 20.8 Å². The second-order valence-electron chi connectivity index (χ2n) is 7.43. The van der Waals surface area contributed by atoms with E-state index in [0.717, 1.165) is 25.8 Å². The molecule has 2 heterocycles. The zero-order valence-electron chi connectivity index (χ0n) is 13.7. The predicted octanol–water partition coefficient (Wildman–Crippen LogP) is 4.40. The summed E-state index contributed by atoms with van der Waals surface area (Å²) in [4.78, 5) is 6.45. The molecule has 0 aromatic carbocycles. The van der Waals surface area contributed by atoms with Gasteiger partial charge in [-0.2, -0.15) is 0 Å². The molecule has 0 bridgehead atoms. The number of nitrogens with zero attached hydrogens (tertiary/aromatic N) is 1. The number of rotatable bonds is 4. The molecule has 1 aliphatic heterocycles. The minimum atomic E-state index is 0.241. The van der Waals surface area contributed by atoms with Crippen molar-refractivity contribution in [3.8, 4) is 0 Å². The van der Waals surface area contributed by atoms with Gasteiger partial charge in [0.15, 0.2) is 0 Å². The topological polar surface area (TPSA) is 34.2 Å². The molecule has 118 valence electrons. The fourth-order valence-electron chi connectivity index (χ4n) is 3.56. The molecule has 1 fully saturated rings. The molecule has 1 aliphatic carbocycles. The molecule has 3 atom stereocenters. The molecule has 3 rings (SSSR count). The molecule has 1 aromatic rings. The Bertz CT molecular complexity index is 497. The van der Waals surface area contributed by atoms with Crippen LogP contribution in [0, 0.1) is 5.41 Å². The second kappa shape index (κ2) is 5.98. The lowest BCUT2D eigenvalue weighted by molar-refractivity contribution is 0.0553. The number of aromatic nitrogens is 1. The molecule has 0 saturated carbocycles. The third kappa shape index (κ3) is 3.33. The van der Waals surface area contributed by atoms with Crippen LogP contribution in [0.3, 0.4) is 0 Å². The summed E-state index contributed by atoms with van der Waals surface area (Å²) in [6.07, 6.45) is 6.42. The summed E-state index contributed by atoms with van der Waals surface area (Å²) >= 11 is 1.90. The summed E-state index contributed by atoms with van der Waals surface area (Å²) in [6, 6.07) is 0.480. The van der Waals surface area contributed by atoms with Gasteiger partial charge in [-0.15, -0.1) is 11.3 Å².